The first-order chi connectivity index (χ1) is 3.46. The van der Waals surface area contributed by atoms with E-state index in [0.717, 1.165) is 0 Å². The maximum atomic E-state index is 8.06. The first-order valence-electron chi connectivity index (χ1n) is 2.83. The van der Waals surface area contributed by atoms with E-state index in [1.54, 1.807) is 27.7 Å². The number of aliphatic hydroxyl groups excluding tert-OH is 2. The van der Waals surface area contributed by atoms with Crippen molar-refractivity contribution in [2.75, 3.05) is 0 Å². The predicted molar refractivity (Wildman–Crippen MR) is 34.7 cm³/mol. The van der Waals surface area contributed by atoms with Gasteiger partial charge in [0, 0.05) is 12.2 Å². The summed E-state index contributed by atoms with van der Waals surface area (Å²) in [5.74, 6) is 0. The van der Waals surface area contributed by atoms with Crippen LogP contribution in [0.4, 0.5) is 0 Å². The third-order valence-corrected chi connectivity index (χ3v) is 0. The third-order valence-electron chi connectivity index (χ3n) is 0. The van der Waals surface area contributed by atoms with E-state index in [1.165, 1.54) is 0 Å². The molecule has 0 saturated heterocycles. The molecule has 0 saturated carbocycles. The molecule has 0 bridgehead atoms. The summed E-state index contributed by atoms with van der Waals surface area (Å²) >= 11 is 0. The molecule has 0 amide bonds. The van der Waals surface area contributed by atoms with Crippen LogP contribution in [0.25, 0.3) is 0 Å². The SMILES string of the molecule is CC(C)O.CC(C)O.[Cl-].[Cl-].[Zr+2]. The molecule has 0 spiro atoms. The van der Waals surface area contributed by atoms with Gasteiger partial charge in [-0.05, 0) is 27.7 Å². The Labute approximate surface area is 101 Å². The summed E-state index contributed by atoms with van der Waals surface area (Å²) in [6.45, 7) is 6.89. The minimum Gasteiger partial charge on any atom is -1.00 e. The molecule has 11 heavy (non-hydrogen) atoms. The third kappa shape index (κ3) is 524. The van der Waals surface area contributed by atoms with Crippen LogP contribution >= 0.6 is 0 Å². The molecule has 0 unspecified atom stereocenters. The smallest absolute Gasteiger partial charge is 1.00 e. The van der Waals surface area contributed by atoms with Crippen molar-refractivity contribution in [2.24, 2.45) is 0 Å². The molecule has 0 aromatic rings. The molecule has 2 nitrogen and oxygen atoms in total. The van der Waals surface area contributed by atoms with Crippen molar-refractivity contribution in [1.29, 1.82) is 0 Å². The predicted octanol–water partition coefficient (Wildman–Crippen LogP) is -5.22. The van der Waals surface area contributed by atoms with Gasteiger partial charge in [0.2, 0.25) is 0 Å². The van der Waals surface area contributed by atoms with Gasteiger partial charge in [-0.15, -0.1) is 0 Å². The average molecular weight is 282 g/mol. The number of hydrogen-bond donors (Lipinski definition) is 2. The zero-order valence-electron chi connectivity index (χ0n) is 7.31. The van der Waals surface area contributed by atoms with Gasteiger partial charge in [-0.1, -0.05) is 0 Å². The molecule has 0 aliphatic heterocycles. The monoisotopic (exact) mass is 280 g/mol. The number of aliphatic hydroxyl groups is 2. The Morgan fingerprint density at radius 3 is 0.727 bits per heavy atom. The fourth-order valence-electron chi connectivity index (χ4n) is 0. The molecule has 5 heteroatoms. The number of hydrogen-bond acceptors (Lipinski definition) is 2. The maximum absolute atomic E-state index is 8.06. The molecule has 70 valence electrons. The van der Waals surface area contributed by atoms with Crippen molar-refractivity contribution in [3.05, 3.63) is 0 Å². The van der Waals surface area contributed by atoms with E-state index in [0.29, 0.717) is 0 Å². The molecule has 0 fully saturated rings. The maximum Gasteiger partial charge on any atom is 2.00 e. The van der Waals surface area contributed by atoms with E-state index in [2.05, 4.69) is 0 Å². The summed E-state index contributed by atoms with van der Waals surface area (Å²) in [6.07, 6.45) is -0.333. The van der Waals surface area contributed by atoms with Crippen LogP contribution in [0.1, 0.15) is 27.7 Å². The van der Waals surface area contributed by atoms with Crippen LogP contribution in [0.5, 0.6) is 0 Å². The second-order valence-electron chi connectivity index (χ2n) is 2.19. The standard InChI is InChI=1S/2C3H8O.2ClH.Zr/c2*1-3(2)4;;;/h2*3-4H,1-2H3;2*1H;/q;;;;+2/p-2. The van der Waals surface area contributed by atoms with Gasteiger partial charge in [0.25, 0.3) is 0 Å². The van der Waals surface area contributed by atoms with Crippen LogP contribution in [0, 0.1) is 0 Å². The zero-order chi connectivity index (χ0) is 7.15. The van der Waals surface area contributed by atoms with E-state index >= 15 is 0 Å². The van der Waals surface area contributed by atoms with Gasteiger partial charge in [-0.25, -0.2) is 0 Å². The van der Waals surface area contributed by atoms with Gasteiger partial charge < -0.3 is 35.0 Å². The van der Waals surface area contributed by atoms with Crippen LogP contribution in [0.2, 0.25) is 0 Å². The molecule has 0 atom stereocenters. The minimum atomic E-state index is -0.167. The first-order valence-corrected chi connectivity index (χ1v) is 2.83. The number of halogens is 2. The Kier molecular flexibility index (Phi) is 60.2. The topological polar surface area (TPSA) is 40.5 Å². The van der Waals surface area contributed by atoms with Crippen LogP contribution < -0.4 is 24.8 Å². The quantitative estimate of drug-likeness (QED) is 0.466. The molecule has 0 aliphatic rings. The molecule has 0 aromatic carbocycles. The molecule has 2 N–H and O–H groups in total. The average Bonchev–Trinajstić information content (AvgIpc) is 1.25. The second kappa shape index (κ2) is 22.5. The van der Waals surface area contributed by atoms with Crippen LogP contribution in [0.3, 0.4) is 0 Å². The van der Waals surface area contributed by atoms with E-state index < -0.39 is 0 Å². The normalized spacial score (nSPS) is 6.55. The van der Waals surface area contributed by atoms with Crippen molar-refractivity contribution in [3.63, 3.8) is 0 Å². The van der Waals surface area contributed by atoms with Crippen molar-refractivity contribution >= 4 is 0 Å². The summed E-state index contributed by atoms with van der Waals surface area (Å²) in [7, 11) is 0. The Hall–Kier alpha value is 1.38. The summed E-state index contributed by atoms with van der Waals surface area (Å²) < 4.78 is 0. The van der Waals surface area contributed by atoms with Crippen LogP contribution in [0.15, 0.2) is 0 Å². The Bertz CT molecular complexity index is 34.1. The van der Waals surface area contributed by atoms with Gasteiger partial charge >= 0.3 is 26.2 Å². The largest absolute Gasteiger partial charge is 2.00 e. The van der Waals surface area contributed by atoms with Crippen molar-refractivity contribution in [1.82, 2.24) is 0 Å². The van der Waals surface area contributed by atoms with Gasteiger partial charge in [0.1, 0.15) is 0 Å². The van der Waals surface area contributed by atoms with Gasteiger partial charge in [0.15, 0.2) is 0 Å². The summed E-state index contributed by atoms with van der Waals surface area (Å²) in [4.78, 5) is 0. The molecular formula is C6H16Cl2O2Zr. The van der Waals surface area contributed by atoms with E-state index in [-0.39, 0.29) is 63.2 Å². The van der Waals surface area contributed by atoms with Crippen molar-refractivity contribution < 1.29 is 61.2 Å². The van der Waals surface area contributed by atoms with Gasteiger partial charge in [0.05, 0.1) is 0 Å². The van der Waals surface area contributed by atoms with E-state index in [4.69, 9.17) is 10.2 Å². The van der Waals surface area contributed by atoms with E-state index in [1.807, 2.05) is 0 Å². The van der Waals surface area contributed by atoms with Gasteiger partial charge in [-0.3, -0.25) is 0 Å². The van der Waals surface area contributed by atoms with Gasteiger partial charge in [-0.2, -0.15) is 0 Å². The fraction of sp³-hybridized carbons (Fsp3) is 1.00. The second-order valence-corrected chi connectivity index (χ2v) is 2.19. The fourth-order valence-corrected chi connectivity index (χ4v) is 0. The number of rotatable bonds is 0. The Morgan fingerprint density at radius 2 is 0.727 bits per heavy atom. The van der Waals surface area contributed by atoms with Crippen LogP contribution in [-0.2, 0) is 26.2 Å². The van der Waals surface area contributed by atoms with Crippen molar-refractivity contribution in [2.45, 2.75) is 39.9 Å². The summed E-state index contributed by atoms with van der Waals surface area (Å²) in [5, 5.41) is 16.1. The summed E-state index contributed by atoms with van der Waals surface area (Å²) in [5.41, 5.74) is 0. The van der Waals surface area contributed by atoms with E-state index in [9.17, 15) is 0 Å². The van der Waals surface area contributed by atoms with Crippen LogP contribution in [-0.4, -0.2) is 22.4 Å². The first kappa shape index (κ1) is 29.4. The summed E-state index contributed by atoms with van der Waals surface area (Å²) in [6, 6.07) is 0. The molecular weight excluding hydrogens is 266 g/mol. The molecule has 0 heterocycles. The molecule has 0 radical (unpaired) electrons. The van der Waals surface area contributed by atoms with Crippen molar-refractivity contribution in [3.8, 4) is 0 Å². The minimum absolute atomic E-state index is 0. The molecule has 0 aliphatic carbocycles. The Balaban J connectivity index is -0.0000000171. The Morgan fingerprint density at radius 1 is 0.727 bits per heavy atom. The zero-order valence-corrected chi connectivity index (χ0v) is 11.3. The molecule has 0 aromatic heterocycles. The molecule has 0 rings (SSSR count).